The summed E-state index contributed by atoms with van der Waals surface area (Å²) in [7, 11) is 0. The van der Waals surface area contributed by atoms with Gasteiger partial charge in [0.2, 0.25) is 0 Å². The van der Waals surface area contributed by atoms with Crippen molar-refractivity contribution in [1.82, 2.24) is 9.96 Å². The largest absolute Gasteiger partial charge is 0.444 e. The standard InChI is InChI=1S/C19H30N2O3/c1-5-16(21(23)14-15-10-7-6-8-11-15)17-12-9-13-20(17)18(22)24-19(2,3)4/h6-8,10-11,16-17,23H,5,9,12-14H2,1-4H3/t16-,17+/m0/s1. The first-order valence-electron chi connectivity index (χ1n) is 8.81. The minimum Gasteiger partial charge on any atom is -0.444 e. The zero-order chi connectivity index (χ0) is 17.7. The molecule has 1 saturated heterocycles. The second-order valence-electron chi connectivity index (χ2n) is 7.44. The highest BCUT2D eigenvalue weighted by molar-refractivity contribution is 5.69. The van der Waals surface area contributed by atoms with Crippen LogP contribution in [-0.4, -0.2) is 45.5 Å². The molecular weight excluding hydrogens is 304 g/mol. The molecule has 2 atom stereocenters. The lowest BCUT2D eigenvalue weighted by Crippen LogP contribution is -2.50. The first-order chi connectivity index (χ1) is 11.3. The van der Waals surface area contributed by atoms with Crippen molar-refractivity contribution in [3.63, 3.8) is 0 Å². The average Bonchev–Trinajstić information content (AvgIpc) is 2.96. The molecule has 1 amide bonds. The molecule has 0 aromatic heterocycles. The van der Waals surface area contributed by atoms with Crippen LogP contribution in [-0.2, 0) is 11.3 Å². The number of carbonyl (C=O) groups is 1. The molecule has 0 saturated carbocycles. The van der Waals surface area contributed by atoms with Crippen LogP contribution in [0, 0.1) is 0 Å². The van der Waals surface area contributed by atoms with Gasteiger partial charge in [0.05, 0.1) is 12.1 Å². The number of likely N-dealkylation sites (tertiary alicyclic amines) is 1. The zero-order valence-electron chi connectivity index (χ0n) is 15.2. The molecule has 1 aromatic carbocycles. The highest BCUT2D eigenvalue weighted by Gasteiger charge is 2.38. The third kappa shape index (κ3) is 4.95. The Kier molecular flexibility index (Phi) is 6.24. The Labute approximate surface area is 145 Å². The van der Waals surface area contributed by atoms with E-state index >= 15 is 0 Å². The van der Waals surface area contributed by atoms with E-state index in [-0.39, 0.29) is 18.2 Å². The van der Waals surface area contributed by atoms with Crippen LogP contribution in [0.4, 0.5) is 4.79 Å². The van der Waals surface area contributed by atoms with Gasteiger partial charge in [0.25, 0.3) is 0 Å². The lowest BCUT2D eigenvalue weighted by Gasteiger charge is -2.36. The smallest absolute Gasteiger partial charge is 0.410 e. The number of hydrogen-bond donors (Lipinski definition) is 1. The van der Waals surface area contributed by atoms with Gasteiger partial charge >= 0.3 is 6.09 Å². The van der Waals surface area contributed by atoms with Crippen LogP contribution >= 0.6 is 0 Å². The van der Waals surface area contributed by atoms with Gasteiger partial charge in [-0.05, 0) is 45.6 Å². The first-order valence-corrected chi connectivity index (χ1v) is 8.81. The molecule has 1 N–H and O–H groups in total. The average molecular weight is 334 g/mol. The molecule has 1 fully saturated rings. The normalized spacial score (nSPS) is 19.6. The maximum Gasteiger partial charge on any atom is 0.410 e. The van der Waals surface area contributed by atoms with E-state index in [2.05, 4.69) is 0 Å². The third-order valence-electron chi connectivity index (χ3n) is 4.36. The molecular formula is C19H30N2O3. The van der Waals surface area contributed by atoms with Crippen molar-refractivity contribution in [2.24, 2.45) is 0 Å². The third-order valence-corrected chi connectivity index (χ3v) is 4.36. The molecule has 1 aliphatic rings. The Hall–Kier alpha value is -1.59. The molecule has 2 rings (SSSR count). The van der Waals surface area contributed by atoms with E-state index in [4.69, 9.17) is 4.74 Å². The highest BCUT2D eigenvalue weighted by Crippen LogP contribution is 2.27. The number of ether oxygens (including phenoxy) is 1. The van der Waals surface area contributed by atoms with Gasteiger partial charge in [-0.2, -0.15) is 5.06 Å². The van der Waals surface area contributed by atoms with E-state index in [0.717, 1.165) is 24.8 Å². The van der Waals surface area contributed by atoms with Crippen LogP contribution in [0.3, 0.4) is 0 Å². The van der Waals surface area contributed by atoms with Crippen molar-refractivity contribution in [3.05, 3.63) is 35.9 Å². The van der Waals surface area contributed by atoms with E-state index in [9.17, 15) is 10.0 Å². The monoisotopic (exact) mass is 334 g/mol. The quantitative estimate of drug-likeness (QED) is 0.825. The van der Waals surface area contributed by atoms with Crippen molar-refractivity contribution < 1.29 is 14.7 Å². The Balaban J connectivity index is 2.06. The van der Waals surface area contributed by atoms with Crippen LogP contribution in [0.25, 0.3) is 0 Å². The summed E-state index contributed by atoms with van der Waals surface area (Å²) >= 11 is 0. The molecule has 1 aliphatic heterocycles. The number of nitrogens with zero attached hydrogens (tertiary/aromatic N) is 2. The summed E-state index contributed by atoms with van der Waals surface area (Å²) in [6.07, 6.45) is 2.33. The molecule has 1 aromatic rings. The summed E-state index contributed by atoms with van der Waals surface area (Å²) in [4.78, 5) is 14.3. The molecule has 134 valence electrons. The van der Waals surface area contributed by atoms with Crippen LogP contribution in [0.15, 0.2) is 30.3 Å². The number of hydrogen-bond acceptors (Lipinski definition) is 4. The topological polar surface area (TPSA) is 53.0 Å². The van der Waals surface area contributed by atoms with E-state index in [1.807, 2.05) is 58.0 Å². The number of hydroxylamine groups is 2. The van der Waals surface area contributed by atoms with Crippen molar-refractivity contribution in [1.29, 1.82) is 0 Å². The maximum atomic E-state index is 12.5. The van der Waals surface area contributed by atoms with Crippen LogP contribution in [0.2, 0.25) is 0 Å². The van der Waals surface area contributed by atoms with Gasteiger partial charge in [0, 0.05) is 13.1 Å². The van der Waals surface area contributed by atoms with Crippen molar-refractivity contribution in [2.45, 2.75) is 71.2 Å². The number of carbonyl (C=O) groups excluding carboxylic acids is 1. The molecule has 0 radical (unpaired) electrons. The van der Waals surface area contributed by atoms with Crippen LogP contribution < -0.4 is 0 Å². The highest BCUT2D eigenvalue weighted by atomic mass is 16.6. The van der Waals surface area contributed by atoms with Gasteiger partial charge in [-0.3, -0.25) is 0 Å². The molecule has 0 aliphatic carbocycles. The molecule has 5 nitrogen and oxygen atoms in total. The van der Waals surface area contributed by atoms with Crippen LogP contribution in [0.1, 0.15) is 52.5 Å². The summed E-state index contributed by atoms with van der Waals surface area (Å²) in [5.41, 5.74) is 0.551. The van der Waals surface area contributed by atoms with Gasteiger partial charge in [0.15, 0.2) is 0 Å². The Morgan fingerprint density at radius 2 is 2.04 bits per heavy atom. The molecule has 0 unspecified atom stereocenters. The fourth-order valence-electron chi connectivity index (χ4n) is 3.31. The second-order valence-corrected chi connectivity index (χ2v) is 7.44. The molecule has 0 bridgehead atoms. The molecule has 5 heteroatoms. The summed E-state index contributed by atoms with van der Waals surface area (Å²) in [5.74, 6) is 0. The van der Waals surface area contributed by atoms with E-state index in [1.54, 1.807) is 4.90 Å². The second kappa shape index (κ2) is 7.99. The van der Waals surface area contributed by atoms with E-state index < -0.39 is 5.60 Å². The zero-order valence-corrected chi connectivity index (χ0v) is 15.2. The molecule has 1 heterocycles. The predicted octanol–water partition coefficient (Wildman–Crippen LogP) is 4.06. The van der Waals surface area contributed by atoms with Gasteiger partial charge in [-0.25, -0.2) is 4.79 Å². The van der Waals surface area contributed by atoms with Crippen LogP contribution in [0.5, 0.6) is 0 Å². The summed E-state index contributed by atoms with van der Waals surface area (Å²) < 4.78 is 5.53. The number of amides is 1. The summed E-state index contributed by atoms with van der Waals surface area (Å²) in [6.45, 7) is 8.82. The Morgan fingerprint density at radius 3 is 2.62 bits per heavy atom. The van der Waals surface area contributed by atoms with Crippen molar-refractivity contribution >= 4 is 6.09 Å². The summed E-state index contributed by atoms with van der Waals surface area (Å²) in [5, 5.41) is 12.0. The number of benzene rings is 1. The lowest BCUT2D eigenvalue weighted by molar-refractivity contribution is -0.151. The minimum absolute atomic E-state index is 0.0152. The van der Waals surface area contributed by atoms with Crippen molar-refractivity contribution in [3.8, 4) is 0 Å². The summed E-state index contributed by atoms with van der Waals surface area (Å²) in [6, 6.07) is 9.77. The fourth-order valence-corrected chi connectivity index (χ4v) is 3.31. The molecule has 24 heavy (non-hydrogen) atoms. The Bertz CT molecular complexity index is 527. The van der Waals surface area contributed by atoms with E-state index in [1.165, 1.54) is 5.06 Å². The minimum atomic E-state index is -0.505. The Morgan fingerprint density at radius 1 is 1.38 bits per heavy atom. The van der Waals surface area contributed by atoms with Crippen molar-refractivity contribution in [2.75, 3.05) is 6.54 Å². The SMILES string of the molecule is CC[C@@H]([C@H]1CCCN1C(=O)OC(C)(C)C)N(O)Cc1ccccc1. The van der Waals surface area contributed by atoms with Gasteiger partial charge in [-0.15, -0.1) is 0 Å². The number of rotatable bonds is 5. The van der Waals surface area contributed by atoms with E-state index in [0.29, 0.717) is 13.1 Å². The van der Waals surface area contributed by atoms with Gasteiger partial charge in [-0.1, -0.05) is 37.3 Å². The van der Waals surface area contributed by atoms with Gasteiger partial charge in [0.1, 0.15) is 5.60 Å². The fraction of sp³-hybridized carbons (Fsp3) is 0.632. The lowest BCUT2D eigenvalue weighted by atomic mass is 10.0. The predicted molar refractivity (Wildman–Crippen MR) is 93.8 cm³/mol. The first kappa shape index (κ1) is 18.7. The van der Waals surface area contributed by atoms with Gasteiger partial charge < -0.3 is 14.8 Å². The molecule has 0 spiro atoms. The maximum absolute atomic E-state index is 12.5.